The topological polar surface area (TPSA) is 78.0 Å². The first-order valence-corrected chi connectivity index (χ1v) is 10.1. The van der Waals surface area contributed by atoms with Crippen LogP contribution in [0.3, 0.4) is 0 Å². The van der Waals surface area contributed by atoms with E-state index in [0.29, 0.717) is 25.1 Å². The zero-order chi connectivity index (χ0) is 19.4. The van der Waals surface area contributed by atoms with Crippen molar-refractivity contribution in [1.29, 1.82) is 0 Å². The summed E-state index contributed by atoms with van der Waals surface area (Å²) in [5.41, 5.74) is 0. The fourth-order valence-corrected chi connectivity index (χ4v) is 3.33. The molecule has 0 aromatic rings. The average Bonchev–Trinajstić information content (AvgIpc) is 2.59. The van der Waals surface area contributed by atoms with Crippen LogP contribution in [0.2, 0.25) is 0 Å². The van der Waals surface area contributed by atoms with Crippen molar-refractivity contribution in [1.82, 2.24) is 20.9 Å². The molecule has 0 spiro atoms. The van der Waals surface area contributed by atoms with Crippen LogP contribution >= 0.6 is 0 Å². The van der Waals surface area contributed by atoms with Gasteiger partial charge in [0.15, 0.2) is 5.96 Å². The van der Waals surface area contributed by atoms with E-state index in [0.717, 1.165) is 38.3 Å². The van der Waals surface area contributed by atoms with Crippen LogP contribution in [0.5, 0.6) is 0 Å². The number of hydrogen-bond donors (Lipinski definition) is 3. The van der Waals surface area contributed by atoms with Crippen LogP contribution in [0.4, 0.5) is 4.79 Å². The highest BCUT2D eigenvalue weighted by Crippen LogP contribution is 2.10. The second-order valence-corrected chi connectivity index (χ2v) is 7.40. The van der Waals surface area contributed by atoms with Gasteiger partial charge in [0, 0.05) is 38.8 Å². The van der Waals surface area contributed by atoms with Crippen LogP contribution in [0, 0.1) is 5.92 Å². The Labute approximate surface area is 159 Å². The maximum Gasteiger partial charge on any atom is 0.407 e. The number of likely N-dealkylation sites (tertiary alicyclic amines) is 1. The second-order valence-electron chi connectivity index (χ2n) is 7.40. The van der Waals surface area contributed by atoms with Gasteiger partial charge in [-0.15, -0.1) is 0 Å². The van der Waals surface area contributed by atoms with Crippen LogP contribution in [0.1, 0.15) is 53.4 Å². The molecule has 1 atom stereocenters. The highest BCUT2D eigenvalue weighted by atomic mass is 16.5. The second kappa shape index (κ2) is 12.8. The first kappa shape index (κ1) is 22.5. The molecule has 0 aromatic heterocycles. The van der Waals surface area contributed by atoms with Crippen LogP contribution in [0.15, 0.2) is 4.99 Å². The molecule has 7 heteroatoms. The van der Waals surface area contributed by atoms with Crippen LogP contribution < -0.4 is 16.0 Å². The molecule has 1 heterocycles. The number of piperidine rings is 1. The highest BCUT2D eigenvalue weighted by molar-refractivity contribution is 5.80. The number of carbonyl (C=O) groups is 1. The zero-order valence-electron chi connectivity index (χ0n) is 17.3. The lowest BCUT2D eigenvalue weighted by Gasteiger charge is -2.33. The molecule has 1 rings (SSSR count). The van der Waals surface area contributed by atoms with E-state index in [1.54, 1.807) is 7.05 Å². The molecule has 3 N–H and O–H groups in total. The minimum atomic E-state index is -0.355. The Balaban J connectivity index is 2.43. The molecule has 7 nitrogen and oxygen atoms in total. The summed E-state index contributed by atoms with van der Waals surface area (Å²) in [5, 5.41) is 9.82. The van der Waals surface area contributed by atoms with Crippen molar-refractivity contribution in [3.63, 3.8) is 0 Å². The molecule has 0 aromatic carbocycles. The van der Waals surface area contributed by atoms with Gasteiger partial charge in [-0.2, -0.15) is 0 Å². The van der Waals surface area contributed by atoms with E-state index in [2.05, 4.69) is 46.6 Å². The van der Waals surface area contributed by atoms with Gasteiger partial charge in [-0.1, -0.05) is 20.8 Å². The van der Waals surface area contributed by atoms with E-state index in [1.165, 1.54) is 13.0 Å². The molecule has 1 unspecified atom stereocenters. The van der Waals surface area contributed by atoms with Crippen LogP contribution in [-0.2, 0) is 4.74 Å². The summed E-state index contributed by atoms with van der Waals surface area (Å²) in [4.78, 5) is 18.6. The summed E-state index contributed by atoms with van der Waals surface area (Å²) in [7, 11) is 1.79. The van der Waals surface area contributed by atoms with Crippen LogP contribution in [0.25, 0.3) is 0 Å². The van der Waals surface area contributed by atoms with Crippen molar-refractivity contribution in [3.05, 3.63) is 0 Å². The molecule has 0 saturated carbocycles. The lowest BCUT2D eigenvalue weighted by atomic mass is 10.0. The number of rotatable bonds is 9. The molecule has 26 heavy (non-hydrogen) atoms. The average molecular weight is 370 g/mol. The minimum Gasteiger partial charge on any atom is -0.450 e. The molecule has 1 saturated heterocycles. The van der Waals surface area contributed by atoms with Crippen molar-refractivity contribution >= 4 is 12.1 Å². The van der Waals surface area contributed by atoms with Crippen molar-refractivity contribution in [2.24, 2.45) is 10.9 Å². The number of ether oxygens (including phenoxy) is 1. The van der Waals surface area contributed by atoms with Gasteiger partial charge < -0.3 is 25.6 Å². The third-order valence-corrected chi connectivity index (χ3v) is 4.56. The van der Waals surface area contributed by atoms with Gasteiger partial charge >= 0.3 is 6.09 Å². The molecule has 1 aliphatic rings. The molecular formula is C19H39N5O2. The van der Waals surface area contributed by atoms with Crippen molar-refractivity contribution in [3.8, 4) is 0 Å². The molecule has 1 aliphatic heterocycles. The Hall–Kier alpha value is -1.50. The SMILES string of the molecule is CCCN1CCC(NC(=NC)NCC(CC(C)C)NC(=O)OCC)CC1. The van der Waals surface area contributed by atoms with E-state index in [1.807, 2.05) is 6.92 Å². The zero-order valence-corrected chi connectivity index (χ0v) is 17.3. The molecule has 1 amide bonds. The van der Waals surface area contributed by atoms with Gasteiger partial charge in [-0.05, 0) is 45.1 Å². The Morgan fingerprint density at radius 1 is 1.27 bits per heavy atom. The first-order valence-electron chi connectivity index (χ1n) is 10.1. The molecule has 152 valence electrons. The number of carbonyl (C=O) groups excluding carboxylic acids is 1. The fraction of sp³-hybridized carbons (Fsp3) is 0.895. The van der Waals surface area contributed by atoms with Gasteiger partial charge in [0.2, 0.25) is 0 Å². The summed E-state index contributed by atoms with van der Waals surface area (Å²) in [6.07, 6.45) is 4.02. The number of amides is 1. The van der Waals surface area contributed by atoms with E-state index >= 15 is 0 Å². The van der Waals surface area contributed by atoms with E-state index in [-0.39, 0.29) is 12.1 Å². The number of alkyl carbamates (subject to hydrolysis) is 1. The number of guanidine groups is 1. The Kier molecular flexibility index (Phi) is 11.1. The van der Waals surface area contributed by atoms with Crippen molar-refractivity contribution in [2.45, 2.75) is 65.5 Å². The summed E-state index contributed by atoms with van der Waals surface area (Å²) >= 11 is 0. The monoisotopic (exact) mass is 369 g/mol. The predicted molar refractivity (Wildman–Crippen MR) is 108 cm³/mol. The van der Waals surface area contributed by atoms with Gasteiger partial charge in [0.25, 0.3) is 0 Å². The predicted octanol–water partition coefficient (Wildman–Crippen LogP) is 2.19. The lowest BCUT2D eigenvalue weighted by Crippen LogP contribution is -2.52. The van der Waals surface area contributed by atoms with Gasteiger partial charge in [0.1, 0.15) is 0 Å². The Bertz CT molecular complexity index is 420. The number of nitrogens with one attached hydrogen (secondary N) is 3. The van der Waals surface area contributed by atoms with E-state index < -0.39 is 0 Å². The molecule has 1 fully saturated rings. The standard InChI is InChI=1S/C19H39N5O2/c1-6-10-24-11-8-16(9-12-24)22-18(20-5)21-14-17(13-15(3)4)23-19(25)26-7-2/h15-17H,6-14H2,1-5H3,(H,23,25)(H2,20,21,22). The largest absolute Gasteiger partial charge is 0.450 e. The maximum atomic E-state index is 11.7. The minimum absolute atomic E-state index is 0.0130. The van der Waals surface area contributed by atoms with Gasteiger partial charge in [-0.3, -0.25) is 4.99 Å². The Morgan fingerprint density at radius 3 is 2.50 bits per heavy atom. The summed E-state index contributed by atoms with van der Waals surface area (Å²) in [6.45, 7) is 12.8. The van der Waals surface area contributed by atoms with Crippen molar-refractivity contribution < 1.29 is 9.53 Å². The molecule has 0 radical (unpaired) electrons. The third kappa shape index (κ3) is 9.27. The van der Waals surface area contributed by atoms with Crippen LogP contribution in [-0.4, -0.2) is 68.9 Å². The van der Waals surface area contributed by atoms with Gasteiger partial charge in [0.05, 0.1) is 6.61 Å². The first-order chi connectivity index (χ1) is 12.5. The van der Waals surface area contributed by atoms with Gasteiger partial charge in [-0.25, -0.2) is 4.79 Å². The molecule has 0 bridgehead atoms. The third-order valence-electron chi connectivity index (χ3n) is 4.56. The van der Waals surface area contributed by atoms with E-state index in [9.17, 15) is 4.79 Å². The number of nitrogens with zero attached hydrogens (tertiary/aromatic N) is 2. The molecular weight excluding hydrogens is 330 g/mol. The highest BCUT2D eigenvalue weighted by Gasteiger charge is 2.20. The lowest BCUT2D eigenvalue weighted by molar-refractivity contribution is 0.146. The van der Waals surface area contributed by atoms with Crippen molar-refractivity contribution in [2.75, 3.05) is 39.8 Å². The number of aliphatic imine (C=N–C) groups is 1. The number of hydrogen-bond acceptors (Lipinski definition) is 4. The quantitative estimate of drug-likeness (QED) is 0.429. The summed E-state index contributed by atoms with van der Waals surface area (Å²) in [6, 6.07) is 0.467. The normalized spacial score (nSPS) is 17.8. The maximum absolute atomic E-state index is 11.7. The smallest absolute Gasteiger partial charge is 0.407 e. The van der Waals surface area contributed by atoms with E-state index in [4.69, 9.17) is 4.74 Å². The summed E-state index contributed by atoms with van der Waals surface area (Å²) in [5.74, 6) is 1.29. The Morgan fingerprint density at radius 2 is 1.96 bits per heavy atom. The summed E-state index contributed by atoms with van der Waals surface area (Å²) < 4.78 is 5.01. The molecule has 0 aliphatic carbocycles. The fourth-order valence-electron chi connectivity index (χ4n) is 3.33.